The summed E-state index contributed by atoms with van der Waals surface area (Å²) < 4.78 is 5.25. The molecule has 1 aromatic carbocycles. The van der Waals surface area contributed by atoms with Gasteiger partial charge in [0.1, 0.15) is 17.5 Å². The zero-order valence-corrected chi connectivity index (χ0v) is 21.5. The van der Waals surface area contributed by atoms with Crippen molar-refractivity contribution >= 4 is 17.7 Å². The molecule has 1 unspecified atom stereocenters. The zero-order valence-electron chi connectivity index (χ0n) is 21.5. The number of alkyl carbamates (subject to hydrolysis) is 1. The third-order valence-electron chi connectivity index (χ3n) is 6.06. The predicted octanol–water partition coefficient (Wildman–Crippen LogP) is 4.08. The van der Waals surface area contributed by atoms with Crippen molar-refractivity contribution in [2.24, 2.45) is 5.10 Å². The third-order valence-corrected chi connectivity index (χ3v) is 6.06. The Bertz CT molecular complexity index is 1070. The molecule has 0 saturated carbocycles. The van der Waals surface area contributed by atoms with E-state index in [1.54, 1.807) is 0 Å². The van der Waals surface area contributed by atoms with Crippen LogP contribution in [0.5, 0.6) is 0 Å². The number of nitrogens with one attached hydrogen (secondary N) is 2. The molecular weight excluding hydrogens is 454 g/mol. The number of hydrazone groups is 1. The second-order valence-electron chi connectivity index (χ2n) is 10.3. The normalized spacial score (nSPS) is 18.8. The van der Waals surface area contributed by atoms with Gasteiger partial charge in [-0.25, -0.2) is 9.80 Å². The molecule has 0 bridgehead atoms. The first kappa shape index (κ1) is 25.7. The number of carbonyl (C=O) groups excluding carboxylic acids is 2. The van der Waals surface area contributed by atoms with Crippen molar-refractivity contribution in [3.63, 3.8) is 0 Å². The van der Waals surface area contributed by atoms with Crippen molar-refractivity contribution in [2.75, 3.05) is 19.6 Å². The van der Waals surface area contributed by atoms with Gasteiger partial charge in [-0.1, -0.05) is 42.5 Å². The smallest absolute Gasteiger partial charge is 0.407 e. The average Bonchev–Trinajstić information content (AvgIpc) is 3.18. The standard InChI is InChI=1S/C28H37N5O3/c1-28(2,3)36-27(35)30-17-9-16-29-15-8-14-25-31-33-23(18-22-12-7-13-24(34)26(22)33)20-32(25)19-21-10-5-4-6-11-21/h4-7,10-12,18,20,26,29H,8-9,13-17,19H2,1-3H3,(H,30,35). The average molecular weight is 492 g/mol. The van der Waals surface area contributed by atoms with Crippen molar-refractivity contribution in [1.82, 2.24) is 20.5 Å². The largest absolute Gasteiger partial charge is 0.444 e. The van der Waals surface area contributed by atoms with E-state index in [9.17, 15) is 9.59 Å². The van der Waals surface area contributed by atoms with Gasteiger partial charge in [0.15, 0.2) is 5.78 Å². The number of hydrogen-bond acceptors (Lipinski definition) is 7. The van der Waals surface area contributed by atoms with E-state index in [2.05, 4.69) is 39.9 Å². The lowest BCUT2D eigenvalue weighted by molar-refractivity contribution is -0.121. The van der Waals surface area contributed by atoms with Crippen LogP contribution in [0.4, 0.5) is 4.79 Å². The van der Waals surface area contributed by atoms with Crippen molar-refractivity contribution in [3.05, 3.63) is 71.6 Å². The number of fused-ring (bicyclic) bond motifs is 3. The summed E-state index contributed by atoms with van der Waals surface area (Å²) in [4.78, 5) is 26.5. The summed E-state index contributed by atoms with van der Waals surface area (Å²) in [6, 6.07) is 10.1. The fourth-order valence-electron chi connectivity index (χ4n) is 4.44. The Kier molecular flexibility index (Phi) is 8.25. The number of amides is 1. The van der Waals surface area contributed by atoms with Crippen LogP contribution in [0.2, 0.25) is 0 Å². The van der Waals surface area contributed by atoms with E-state index in [1.165, 1.54) is 5.56 Å². The number of ether oxygens (including phenoxy) is 1. The molecule has 1 atom stereocenters. The summed E-state index contributed by atoms with van der Waals surface area (Å²) >= 11 is 0. The molecule has 1 aliphatic carbocycles. The Hall–Kier alpha value is -3.39. The lowest BCUT2D eigenvalue weighted by atomic mass is 9.97. The Morgan fingerprint density at radius 1 is 1.14 bits per heavy atom. The molecule has 0 radical (unpaired) electrons. The van der Waals surface area contributed by atoms with E-state index in [0.717, 1.165) is 56.0 Å². The van der Waals surface area contributed by atoms with Gasteiger partial charge in [-0.2, -0.15) is 5.10 Å². The highest BCUT2D eigenvalue weighted by Crippen LogP contribution is 2.35. The van der Waals surface area contributed by atoms with Crippen molar-refractivity contribution < 1.29 is 14.3 Å². The number of nitrogens with zero attached hydrogens (tertiary/aromatic N) is 3. The molecule has 0 spiro atoms. The summed E-state index contributed by atoms with van der Waals surface area (Å²) in [5.74, 6) is 1.15. The third kappa shape index (κ3) is 6.85. The molecular formula is C28H37N5O3. The minimum atomic E-state index is -0.484. The molecule has 4 rings (SSSR count). The Morgan fingerprint density at radius 3 is 2.69 bits per heavy atom. The first-order chi connectivity index (χ1) is 17.3. The highest BCUT2D eigenvalue weighted by Gasteiger charge is 2.38. The maximum atomic E-state index is 12.6. The van der Waals surface area contributed by atoms with Crippen molar-refractivity contribution in [1.29, 1.82) is 0 Å². The number of amidine groups is 1. The molecule has 2 heterocycles. The van der Waals surface area contributed by atoms with Crippen LogP contribution < -0.4 is 10.6 Å². The number of ketones is 1. The van der Waals surface area contributed by atoms with Gasteiger partial charge in [0.2, 0.25) is 0 Å². The number of allylic oxidation sites excluding steroid dienone is 2. The molecule has 192 valence electrons. The van der Waals surface area contributed by atoms with Crippen LogP contribution in [0.25, 0.3) is 0 Å². The summed E-state index contributed by atoms with van der Waals surface area (Å²) in [5.41, 5.74) is 2.71. The molecule has 8 nitrogen and oxygen atoms in total. The first-order valence-electron chi connectivity index (χ1n) is 12.8. The highest BCUT2D eigenvalue weighted by molar-refractivity contribution is 5.93. The molecule has 1 aromatic rings. The van der Waals surface area contributed by atoms with Crippen molar-refractivity contribution in [2.45, 2.75) is 64.6 Å². The molecule has 36 heavy (non-hydrogen) atoms. The number of benzene rings is 1. The van der Waals surface area contributed by atoms with E-state index >= 15 is 0 Å². The van der Waals surface area contributed by atoms with Crippen LogP contribution in [-0.2, 0) is 16.1 Å². The summed E-state index contributed by atoms with van der Waals surface area (Å²) in [6.07, 6.45) is 10.8. The van der Waals surface area contributed by atoms with Crippen LogP contribution in [0.1, 0.15) is 52.0 Å². The topological polar surface area (TPSA) is 86.3 Å². The summed E-state index contributed by atoms with van der Waals surface area (Å²) in [7, 11) is 0. The molecule has 0 fully saturated rings. The van der Waals surface area contributed by atoms with Crippen molar-refractivity contribution in [3.8, 4) is 0 Å². The van der Waals surface area contributed by atoms with Gasteiger partial charge < -0.3 is 20.3 Å². The lowest BCUT2D eigenvalue weighted by Crippen LogP contribution is -2.41. The van der Waals surface area contributed by atoms with Crippen LogP contribution in [-0.4, -0.2) is 58.9 Å². The summed E-state index contributed by atoms with van der Waals surface area (Å²) in [6.45, 7) is 8.51. The van der Waals surface area contributed by atoms with Gasteiger partial charge in [0.25, 0.3) is 0 Å². The molecule has 3 aliphatic rings. The van der Waals surface area contributed by atoms with Gasteiger partial charge in [0, 0.05) is 32.1 Å². The molecule has 2 aliphatic heterocycles. The highest BCUT2D eigenvalue weighted by atomic mass is 16.6. The molecule has 1 amide bonds. The van der Waals surface area contributed by atoms with Gasteiger partial charge >= 0.3 is 6.09 Å². The summed E-state index contributed by atoms with van der Waals surface area (Å²) in [5, 5.41) is 13.1. The molecule has 2 N–H and O–H groups in total. The fraction of sp³-hybridized carbons (Fsp3) is 0.464. The zero-order chi connectivity index (χ0) is 25.5. The van der Waals surface area contributed by atoms with E-state index in [-0.39, 0.29) is 17.9 Å². The minimum absolute atomic E-state index is 0.188. The quantitative estimate of drug-likeness (QED) is 0.480. The SMILES string of the molecule is CC(C)(C)OC(=O)NCCCNCCCC1=NN2C(=CN1Cc1ccccc1)C=C1C=CCC(=O)C12. The maximum absolute atomic E-state index is 12.6. The van der Waals surface area contributed by atoms with E-state index in [1.807, 2.05) is 56.1 Å². The van der Waals surface area contributed by atoms with E-state index in [4.69, 9.17) is 9.84 Å². The van der Waals surface area contributed by atoms with Crippen LogP contribution in [0.15, 0.2) is 71.1 Å². The van der Waals surface area contributed by atoms with Crippen LogP contribution in [0.3, 0.4) is 0 Å². The number of hydrogen-bond donors (Lipinski definition) is 2. The Labute approximate surface area is 213 Å². The van der Waals surface area contributed by atoms with Gasteiger partial charge in [-0.3, -0.25) is 4.79 Å². The van der Waals surface area contributed by atoms with Gasteiger partial charge in [0.05, 0.1) is 5.70 Å². The molecule has 8 heteroatoms. The van der Waals surface area contributed by atoms with E-state index in [0.29, 0.717) is 13.0 Å². The fourth-order valence-corrected chi connectivity index (χ4v) is 4.44. The second-order valence-corrected chi connectivity index (χ2v) is 10.3. The molecule has 0 aromatic heterocycles. The Morgan fingerprint density at radius 2 is 1.92 bits per heavy atom. The monoisotopic (exact) mass is 491 g/mol. The second kappa shape index (κ2) is 11.6. The predicted molar refractivity (Wildman–Crippen MR) is 141 cm³/mol. The van der Waals surface area contributed by atoms with E-state index < -0.39 is 5.60 Å². The number of carbonyl (C=O) groups is 2. The Balaban J connectivity index is 1.28. The van der Waals surface area contributed by atoms with Crippen LogP contribution >= 0.6 is 0 Å². The van der Waals surface area contributed by atoms with Gasteiger partial charge in [-0.05, 0) is 63.9 Å². The molecule has 0 saturated heterocycles. The van der Waals surface area contributed by atoms with Crippen LogP contribution in [0, 0.1) is 0 Å². The maximum Gasteiger partial charge on any atom is 0.407 e. The number of rotatable bonds is 10. The number of Topliss-reactive ketones (excluding diaryl/α,β-unsaturated/α-hetero) is 1. The minimum Gasteiger partial charge on any atom is -0.444 e. The van der Waals surface area contributed by atoms with Gasteiger partial charge in [-0.15, -0.1) is 0 Å². The first-order valence-corrected chi connectivity index (χ1v) is 12.8. The lowest BCUT2D eigenvalue weighted by Gasteiger charge is -2.33.